The van der Waals surface area contributed by atoms with Gasteiger partial charge in [0.2, 0.25) is 11.6 Å². The summed E-state index contributed by atoms with van der Waals surface area (Å²) in [5.74, 6) is 1.31. The summed E-state index contributed by atoms with van der Waals surface area (Å²) >= 11 is 1.52. The van der Waals surface area contributed by atoms with Crippen LogP contribution in [0.3, 0.4) is 0 Å². The normalized spacial score (nSPS) is 15.1. The molecule has 0 saturated carbocycles. The number of nitrogens with zero attached hydrogens (tertiary/aromatic N) is 1. The molecule has 1 aromatic carbocycles. The maximum Gasteiger partial charge on any atom is 0.363 e. The standard InChI is InChI=1S/C18H17NO5S/c1-10-5-6-15(25-10)17-19-12(18(20)24-17)7-11-8-13(21-2)16(23-4)14(9-11)22-3/h5-9H,1-4H3/b12-7-. The molecule has 2 aromatic rings. The number of ether oxygens (including phenoxy) is 4. The molecule has 0 saturated heterocycles. The van der Waals surface area contributed by atoms with Crippen LogP contribution < -0.4 is 14.2 Å². The molecule has 0 radical (unpaired) electrons. The fourth-order valence-corrected chi connectivity index (χ4v) is 3.20. The van der Waals surface area contributed by atoms with Crippen molar-refractivity contribution in [3.63, 3.8) is 0 Å². The lowest BCUT2D eigenvalue weighted by atomic mass is 10.1. The highest BCUT2D eigenvalue weighted by Crippen LogP contribution is 2.39. The number of aliphatic imine (C=N–C) groups is 1. The summed E-state index contributed by atoms with van der Waals surface area (Å²) in [5, 5.41) is 0. The molecular formula is C18H17NO5S. The van der Waals surface area contributed by atoms with E-state index in [9.17, 15) is 4.79 Å². The molecular weight excluding hydrogens is 342 g/mol. The predicted molar refractivity (Wildman–Crippen MR) is 95.8 cm³/mol. The fourth-order valence-electron chi connectivity index (χ4n) is 2.41. The molecule has 0 amide bonds. The number of carbonyl (C=O) groups excluding carboxylic acids is 1. The second-order valence-corrected chi connectivity index (χ2v) is 6.49. The average molecular weight is 359 g/mol. The van der Waals surface area contributed by atoms with Crippen molar-refractivity contribution in [3.8, 4) is 17.2 Å². The number of thiophene rings is 1. The predicted octanol–water partition coefficient (Wildman–Crippen LogP) is 3.43. The van der Waals surface area contributed by atoms with Crippen molar-refractivity contribution < 1.29 is 23.7 Å². The smallest absolute Gasteiger partial charge is 0.363 e. The lowest BCUT2D eigenvalue weighted by molar-refractivity contribution is -0.129. The van der Waals surface area contributed by atoms with Crippen molar-refractivity contribution >= 4 is 29.3 Å². The quantitative estimate of drug-likeness (QED) is 0.604. The number of hydrogen-bond acceptors (Lipinski definition) is 7. The number of cyclic esters (lactones) is 1. The van der Waals surface area contributed by atoms with Gasteiger partial charge in [0.15, 0.2) is 17.2 Å². The first kappa shape index (κ1) is 17.0. The monoisotopic (exact) mass is 359 g/mol. The Morgan fingerprint density at radius 2 is 1.76 bits per heavy atom. The number of carbonyl (C=O) groups is 1. The summed E-state index contributed by atoms with van der Waals surface area (Å²) in [6.07, 6.45) is 1.63. The highest BCUT2D eigenvalue weighted by atomic mass is 32.1. The van der Waals surface area contributed by atoms with Gasteiger partial charge in [0.1, 0.15) is 0 Å². The van der Waals surface area contributed by atoms with Gasteiger partial charge in [0, 0.05) is 4.88 Å². The van der Waals surface area contributed by atoms with Crippen LogP contribution in [0.5, 0.6) is 17.2 Å². The number of methoxy groups -OCH3 is 3. The largest absolute Gasteiger partial charge is 0.493 e. The molecule has 130 valence electrons. The molecule has 7 heteroatoms. The zero-order chi connectivity index (χ0) is 18.0. The maximum absolute atomic E-state index is 12.1. The Kier molecular flexibility index (Phi) is 4.76. The second-order valence-electron chi connectivity index (χ2n) is 5.21. The fraction of sp³-hybridized carbons (Fsp3) is 0.222. The molecule has 0 bridgehead atoms. The van der Waals surface area contributed by atoms with Crippen molar-refractivity contribution in [2.45, 2.75) is 6.92 Å². The lowest BCUT2D eigenvalue weighted by Gasteiger charge is -2.12. The van der Waals surface area contributed by atoms with Gasteiger partial charge in [0.05, 0.1) is 26.2 Å². The van der Waals surface area contributed by atoms with Crippen LogP contribution in [0.2, 0.25) is 0 Å². The van der Waals surface area contributed by atoms with Crippen LogP contribution in [0, 0.1) is 6.92 Å². The Labute approximate surface area is 149 Å². The molecule has 25 heavy (non-hydrogen) atoms. The molecule has 0 unspecified atom stereocenters. The maximum atomic E-state index is 12.1. The van der Waals surface area contributed by atoms with Crippen LogP contribution in [0.1, 0.15) is 15.3 Å². The van der Waals surface area contributed by atoms with E-state index in [-0.39, 0.29) is 5.70 Å². The van der Waals surface area contributed by atoms with Gasteiger partial charge in [-0.3, -0.25) is 0 Å². The number of aryl methyl sites for hydroxylation is 1. The Morgan fingerprint density at radius 1 is 1.08 bits per heavy atom. The minimum absolute atomic E-state index is 0.218. The van der Waals surface area contributed by atoms with Gasteiger partial charge in [0.25, 0.3) is 0 Å². The van der Waals surface area contributed by atoms with Crippen LogP contribution in [0.15, 0.2) is 35.0 Å². The zero-order valence-corrected chi connectivity index (χ0v) is 15.1. The van der Waals surface area contributed by atoms with Gasteiger partial charge in [-0.25, -0.2) is 9.79 Å². The number of benzene rings is 1. The van der Waals surface area contributed by atoms with Gasteiger partial charge < -0.3 is 18.9 Å². The van der Waals surface area contributed by atoms with E-state index in [0.717, 1.165) is 9.75 Å². The van der Waals surface area contributed by atoms with E-state index in [0.29, 0.717) is 28.7 Å². The van der Waals surface area contributed by atoms with E-state index >= 15 is 0 Å². The molecule has 1 aliphatic heterocycles. The Bertz CT molecular complexity index is 856. The van der Waals surface area contributed by atoms with Crippen molar-refractivity contribution in [1.29, 1.82) is 0 Å². The SMILES string of the molecule is COc1cc(/C=C2\N=C(c3ccc(C)s3)OC2=O)cc(OC)c1OC. The first-order chi connectivity index (χ1) is 12.0. The molecule has 0 atom stereocenters. The van der Waals surface area contributed by atoms with Gasteiger partial charge in [-0.05, 0) is 42.8 Å². The van der Waals surface area contributed by atoms with Crippen molar-refractivity contribution in [1.82, 2.24) is 0 Å². The molecule has 6 nitrogen and oxygen atoms in total. The molecule has 1 aromatic heterocycles. The highest BCUT2D eigenvalue weighted by molar-refractivity contribution is 7.14. The van der Waals surface area contributed by atoms with Crippen LogP contribution in [0.25, 0.3) is 6.08 Å². The Balaban J connectivity index is 2.00. The van der Waals surface area contributed by atoms with E-state index in [1.54, 1.807) is 18.2 Å². The van der Waals surface area contributed by atoms with Crippen LogP contribution >= 0.6 is 11.3 Å². The Morgan fingerprint density at radius 3 is 2.28 bits per heavy atom. The molecule has 1 aliphatic rings. The Hall–Kier alpha value is -2.80. The third-order valence-corrected chi connectivity index (χ3v) is 4.55. The number of esters is 1. The first-order valence-corrected chi connectivity index (χ1v) is 8.26. The van der Waals surface area contributed by atoms with Crippen molar-refractivity contribution in [3.05, 3.63) is 45.3 Å². The third kappa shape index (κ3) is 3.36. The topological polar surface area (TPSA) is 66.4 Å². The summed E-state index contributed by atoms with van der Waals surface area (Å²) < 4.78 is 21.2. The first-order valence-electron chi connectivity index (χ1n) is 7.45. The van der Waals surface area contributed by atoms with E-state index in [1.165, 1.54) is 32.7 Å². The van der Waals surface area contributed by atoms with Crippen LogP contribution in [-0.2, 0) is 9.53 Å². The van der Waals surface area contributed by atoms with Crippen molar-refractivity contribution in [2.24, 2.45) is 4.99 Å². The van der Waals surface area contributed by atoms with E-state index in [1.807, 2.05) is 19.1 Å². The van der Waals surface area contributed by atoms with Crippen LogP contribution in [0.4, 0.5) is 0 Å². The minimum Gasteiger partial charge on any atom is -0.493 e. The van der Waals surface area contributed by atoms with Gasteiger partial charge in [-0.2, -0.15) is 0 Å². The summed E-state index contributed by atoms with van der Waals surface area (Å²) in [4.78, 5) is 18.4. The second kappa shape index (κ2) is 6.98. The number of hydrogen-bond donors (Lipinski definition) is 0. The minimum atomic E-state index is -0.491. The molecule has 2 heterocycles. The summed E-state index contributed by atoms with van der Waals surface area (Å²) in [6, 6.07) is 7.32. The zero-order valence-electron chi connectivity index (χ0n) is 14.3. The molecule has 0 N–H and O–H groups in total. The van der Waals surface area contributed by atoms with Crippen LogP contribution in [-0.4, -0.2) is 33.2 Å². The molecule has 3 rings (SSSR count). The summed E-state index contributed by atoms with van der Waals surface area (Å²) in [5.41, 5.74) is 0.907. The highest BCUT2D eigenvalue weighted by Gasteiger charge is 2.25. The molecule has 0 spiro atoms. The summed E-state index contributed by atoms with van der Waals surface area (Å²) in [6.45, 7) is 1.98. The van der Waals surface area contributed by atoms with Gasteiger partial charge in [-0.15, -0.1) is 11.3 Å². The molecule has 0 fully saturated rings. The van der Waals surface area contributed by atoms with Gasteiger partial charge in [-0.1, -0.05) is 0 Å². The number of rotatable bonds is 5. The van der Waals surface area contributed by atoms with Crippen molar-refractivity contribution in [2.75, 3.05) is 21.3 Å². The molecule has 0 aliphatic carbocycles. The third-order valence-electron chi connectivity index (χ3n) is 3.56. The lowest BCUT2D eigenvalue weighted by Crippen LogP contribution is -2.03. The van der Waals surface area contributed by atoms with E-state index in [2.05, 4.69) is 4.99 Å². The van der Waals surface area contributed by atoms with Gasteiger partial charge >= 0.3 is 5.97 Å². The van der Waals surface area contributed by atoms with E-state index < -0.39 is 5.97 Å². The average Bonchev–Trinajstić information content (AvgIpc) is 3.20. The van der Waals surface area contributed by atoms with E-state index in [4.69, 9.17) is 18.9 Å². The summed E-state index contributed by atoms with van der Waals surface area (Å²) in [7, 11) is 4.60.